The predicted molar refractivity (Wildman–Crippen MR) is 128 cm³/mol. The number of rotatable bonds is 8. The molecule has 10 heteroatoms. The van der Waals surface area contributed by atoms with Crippen molar-refractivity contribution in [2.75, 3.05) is 24.5 Å². The summed E-state index contributed by atoms with van der Waals surface area (Å²) in [6.45, 7) is 4.36. The summed E-state index contributed by atoms with van der Waals surface area (Å²) in [6.07, 6.45) is 4.01. The number of carbonyl (C=O) groups is 2. The van der Waals surface area contributed by atoms with Crippen LogP contribution < -0.4 is 21.1 Å². The van der Waals surface area contributed by atoms with Crippen LogP contribution in [0.3, 0.4) is 0 Å². The molecule has 1 aliphatic rings. The summed E-state index contributed by atoms with van der Waals surface area (Å²) in [4.78, 5) is 48.6. The van der Waals surface area contributed by atoms with Crippen LogP contribution in [0.5, 0.6) is 0 Å². The topological polar surface area (TPSA) is 109 Å². The average Bonchev–Trinajstić information content (AvgIpc) is 3.29. The smallest absolute Gasteiger partial charge is 0.273 e. The van der Waals surface area contributed by atoms with Gasteiger partial charge in [0.1, 0.15) is 17.6 Å². The summed E-state index contributed by atoms with van der Waals surface area (Å²) in [5.74, 6) is -0.274. The molecule has 3 heterocycles. The fourth-order valence-corrected chi connectivity index (χ4v) is 4.85. The van der Waals surface area contributed by atoms with Gasteiger partial charge in [-0.1, -0.05) is 48.6 Å². The summed E-state index contributed by atoms with van der Waals surface area (Å²) < 4.78 is 1.72. The second-order valence-corrected chi connectivity index (χ2v) is 9.14. The summed E-state index contributed by atoms with van der Waals surface area (Å²) in [5.41, 5.74) is 1.08. The summed E-state index contributed by atoms with van der Waals surface area (Å²) in [6, 6.07) is 9.59. The first-order valence-corrected chi connectivity index (χ1v) is 12.1. The maximum atomic E-state index is 13.0. The molecule has 4 rings (SSSR count). The Morgan fingerprint density at radius 1 is 1.21 bits per heavy atom. The summed E-state index contributed by atoms with van der Waals surface area (Å²) in [7, 11) is 0. The number of benzene rings is 1. The molecule has 2 aromatic heterocycles. The van der Waals surface area contributed by atoms with Gasteiger partial charge in [-0.15, -0.1) is 0 Å². The molecule has 3 aromatic rings. The van der Waals surface area contributed by atoms with Gasteiger partial charge in [0.05, 0.1) is 5.92 Å². The zero-order chi connectivity index (χ0) is 23.2. The molecular weight excluding hydrogens is 440 g/mol. The quantitative estimate of drug-likeness (QED) is 0.523. The molecule has 1 unspecified atom stereocenters. The van der Waals surface area contributed by atoms with Gasteiger partial charge in [-0.25, -0.2) is 4.98 Å². The third-order valence-electron chi connectivity index (χ3n) is 5.63. The van der Waals surface area contributed by atoms with Crippen molar-refractivity contribution >= 4 is 38.6 Å². The number of amides is 2. The van der Waals surface area contributed by atoms with E-state index in [1.165, 1.54) is 22.2 Å². The largest absolute Gasteiger partial charge is 0.356 e. The van der Waals surface area contributed by atoms with Crippen molar-refractivity contribution in [2.45, 2.75) is 39.3 Å². The van der Waals surface area contributed by atoms with Gasteiger partial charge >= 0.3 is 0 Å². The molecule has 0 saturated carbocycles. The molecule has 33 heavy (non-hydrogen) atoms. The van der Waals surface area contributed by atoms with Gasteiger partial charge in [-0.3, -0.25) is 19.0 Å². The Balaban J connectivity index is 1.44. The van der Waals surface area contributed by atoms with E-state index in [1.54, 1.807) is 0 Å². The SMILES string of the molecule is CCCNC(=O)C1CCCN(c2nc3ncn(CC(=O)NCc4ccccc4)c(=O)c3s2)C1. The number of nitrogens with one attached hydrogen (secondary N) is 2. The predicted octanol–water partition coefficient (Wildman–Crippen LogP) is 1.91. The number of piperidine rings is 1. The molecule has 1 aliphatic heterocycles. The number of carbonyl (C=O) groups excluding carboxylic acids is 2. The van der Waals surface area contributed by atoms with E-state index in [-0.39, 0.29) is 29.8 Å². The Labute approximate surface area is 195 Å². The fourth-order valence-electron chi connectivity index (χ4n) is 3.85. The lowest BCUT2D eigenvalue weighted by molar-refractivity contribution is -0.125. The first-order valence-electron chi connectivity index (χ1n) is 11.2. The monoisotopic (exact) mass is 468 g/mol. The van der Waals surface area contributed by atoms with Crippen molar-refractivity contribution in [3.05, 3.63) is 52.6 Å². The highest BCUT2D eigenvalue weighted by Gasteiger charge is 2.27. The second-order valence-electron chi connectivity index (χ2n) is 8.17. The lowest BCUT2D eigenvalue weighted by atomic mass is 9.97. The van der Waals surface area contributed by atoms with E-state index in [0.717, 1.165) is 31.4 Å². The molecule has 2 amide bonds. The zero-order valence-corrected chi connectivity index (χ0v) is 19.4. The first-order chi connectivity index (χ1) is 16.0. The normalized spacial score (nSPS) is 16.0. The molecule has 0 bridgehead atoms. The molecule has 1 aromatic carbocycles. The summed E-state index contributed by atoms with van der Waals surface area (Å²) >= 11 is 1.27. The van der Waals surface area contributed by atoms with Gasteiger partial charge in [0.2, 0.25) is 11.8 Å². The molecule has 9 nitrogen and oxygen atoms in total. The van der Waals surface area contributed by atoms with Crippen molar-refractivity contribution in [3.8, 4) is 0 Å². The maximum absolute atomic E-state index is 13.0. The van der Waals surface area contributed by atoms with Gasteiger partial charge in [-0.05, 0) is 24.8 Å². The van der Waals surface area contributed by atoms with Gasteiger partial charge in [-0.2, -0.15) is 4.98 Å². The second kappa shape index (κ2) is 10.6. The van der Waals surface area contributed by atoms with Crippen LogP contribution in [0, 0.1) is 5.92 Å². The zero-order valence-electron chi connectivity index (χ0n) is 18.6. The van der Waals surface area contributed by atoms with Crippen LogP contribution in [0.15, 0.2) is 41.5 Å². The minimum Gasteiger partial charge on any atom is -0.356 e. The van der Waals surface area contributed by atoms with Gasteiger partial charge in [0, 0.05) is 26.2 Å². The number of hydrogen-bond acceptors (Lipinski definition) is 7. The number of thiazole rings is 1. The molecule has 0 radical (unpaired) electrons. The van der Waals surface area contributed by atoms with Crippen LogP contribution in [0.1, 0.15) is 31.7 Å². The average molecular weight is 469 g/mol. The number of fused-ring (bicyclic) bond motifs is 1. The fraction of sp³-hybridized carbons (Fsp3) is 0.435. The highest BCUT2D eigenvalue weighted by atomic mass is 32.1. The van der Waals surface area contributed by atoms with Gasteiger partial charge in [0.25, 0.3) is 5.56 Å². The molecule has 2 N–H and O–H groups in total. The Hall–Kier alpha value is -3.27. The molecular formula is C23H28N6O3S. The Kier molecular flexibility index (Phi) is 7.33. The van der Waals surface area contributed by atoms with E-state index in [0.29, 0.717) is 35.1 Å². The van der Waals surface area contributed by atoms with Crippen molar-refractivity contribution in [3.63, 3.8) is 0 Å². The van der Waals surface area contributed by atoms with E-state index in [4.69, 9.17) is 0 Å². The van der Waals surface area contributed by atoms with Crippen LogP contribution >= 0.6 is 11.3 Å². The number of hydrogen-bond donors (Lipinski definition) is 2. The molecule has 174 valence electrons. The Morgan fingerprint density at radius 2 is 2.03 bits per heavy atom. The highest BCUT2D eigenvalue weighted by Crippen LogP contribution is 2.29. The van der Waals surface area contributed by atoms with Crippen molar-refractivity contribution in [2.24, 2.45) is 5.92 Å². The van der Waals surface area contributed by atoms with E-state index in [2.05, 4.69) is 25.5 Å². The van der Waals surface area contributed by atoms with Crippen molar-refractivity contribution < 1.29 is 9.59 Å². The highest BCUT2D eigenvalue weighted by molar-refractivity contribution is 7.22. The first kappa shape index (κ1) is 22.9. The van der Waals surface area contributed by atoms with Crippen molar-refractivity contribution in [1.29, 1.82) is 0 Å². The van der Waals surface area contributed by atoms with E-state index in [1.807, 2.05) is 37.3 Å². The lowest BCUT2D eigenvalue weighted by Crippen LogP contribution is -2.43. The molecule has 0 spiro atoms. The van der Waals surface area contributed by atoms with Crippen LogP contribution in [0.2, 0.25) is 0 Å². The van der Waals surface area contributed by atoms with E-state index in [9.17, 15) is 14.4 Å². The lowest BCUT2D eigenvalue weighted by Gasteiger charge is -2.31. The minimum absolute atomic E-state index is 0.0738. The molecule has 1 atom stereocenters. The third-order valence-corrected chi connectivity index (χ3v) is 6.72. The number of anilines is 1. The molecule has 1 saturated heterocycles. The van der Waals surface area contributed by atoms with E-state index < -0.39 is 0 Å². The minimum atomic E-state index is -0.284. The Morgan fingerprint density at radius 3 is 2.82 bits per heavy atom. The van der Waals surface area contributed by atoms with E-state index >= 15 is 0 Å². The maximum Gasteiger partial charge on any atom is 0.273 e. The Bertz CT molecular complexity index is 1180. The van der Waals surface area contributed by atoms with Crippen LogP contribution in [-0.4, -0.2) is 46.0 Å². The van der Waals surface area contributed by atoms with Gasteiger partial charge in [0.15, 0.2) is 10.8 Å². The van der Waals surface area contributed by atoms with Gasteiger partial charge < -0.3 is 15.5 Å². The van der Waals surface area contributed by atoms with Crippen molar-refractivity contribution in [1.82, 2.24) is 25.2 Å². The molecule has 0 aliphatic carbocycles. The number of nitrogens with zero attached hydrogens (tertiary/aromatic N) is 4. The standard InChI is InChI=1S/C23H28N6O3S/c1-2-10-24-21(31)17-9-6-11-28(13-17)23-27-20-19(33-23)22(32)29(15-26-20)14-18(30)25-12-16-7-4-3-5-8-16/h3-5,7-8,15,17H,2,6,9-14H2,1H3,(H,24,31)(H,25,30). The van der Waals surface area contributed by atoms with Crippen LogP contribution in [0.4, 0.5) is 5.13 Å². The van der Waals surface area contributed by atoms with Crippen LogP contribution in [0.25, 0.3) is 10.3 Å². The number of aromatic nitrogens is 3. The summed E-state index contributed by atoms with van der Waals surface area (Å²) in [5, 5.41) is 6.48. The third kappa shape index (κ3) is 5.57. The molecule has 1 fully saturated rings. The van der Waals surface area contributed by atoms with Crippen LogP contribution in [-0.2, 0) is 22.7 Å².